The Labute approximate surface area is 182 Å². The van der Waals surface area contributed by atoms with Crippen molar-refractivity contribution < 1.29 is 22.7 Å². The summed E-state index contributed by atoms with van der Waals surface area (Å²) in [5.41, 5.74) is 1.46. The third kappa shape index (κ3) is 6.22. The molecule has 0 radical (unpaired) electrons. The monoisotopic (exact) mass is 452 g/mol. The molecule has 0 fully saturated rings. The summed E-state index contributed by atoms with van der Waals surface area (Å²) in [7, 11) is 0.388. The summed E-state index contributed by atoms with van der Waals surface area (Å²) in [5.74, 6) is -0.538. The first-order valence-corrected chi connectivity index (χ1v) is 11.0. The SMILES string of the molecule is CCOC(=O)/C(=C/[C@@H](c1ccc(Cl)cc1)c1ccc(OC)cc1)NS(=O)(=O)N(C)C. The molecule has 9 heteroatoms. The average molecular weight is 453 g/mol. The first-order valence-electron chi connectivity index (χ1n) is 9.16. The molecule has 0 aromatic heterocycles. The minimum absolute atomic E-state index is 0.105. The van der Waals surface area contributed by atoms with Gasteiger partial charge < -0.3 is 9.47 Å². The lowest BCUT2D eigenvalue weighted by Crippen LogP contribution is -2.37. The summed E-state index contributed by atoms with van der Waals surface area (Å²) in [6.07, 6.45) is 1.53. The van der Waals surface area contributed by atoms with Gasteiger partial charge in [0.15, 0.2) is 0 Å². The van der Waals surface area contributed by atoms with Crippen molar-refractivity contribution in [3.8, 4) is 5.75 Å². The summed E-state index contributed by atoms with van der Waals surface area (Å²) in [6, 6.07) is 14.4. The Morgan fingerprint density at radius 1 is 1.10 bits per heavy atom. The van der Waals surface area contributed by atoms with Crippen molar-refractivity contribution >= 4 is 27.8 Å². The quantitative estimate of drug-likeness (QED) is 0.466. The maximum absolute atomic E-state index is 12.5. The van der Waals surface area contributed by atoms with Crippen molar-refractivity contribution in [3.05, 3.63) is 76.5 Å². The van der Waals surface area contributed by atoms with Gasteiger partial charge in [-0.1, -0.05) is 35.9 Å². The third-order valence-corrected chi connectivity index (χ3v) is 5.94. The van der Waals surface area contributed by atoms with Crippen molar-refractivity contribution in [2.75, 3.05) is 27.8 Å². The topological polar surface area (TPSA) is 84.9 Å². The van der Waals surface area contributed by atoms with E-state index in [1.165, 1.54) is 20.2 Å². The summed E-state index contributed by atoms with van der Waals surface area (Å²) in [5, 5.41) is 0.565. The van der Waals surface area contributed by atoms with Crippen LogP contribution in [0.4, 0.5) is 0 Å². The number of halogens is 1. The Kier molecular flexibility index (Phi) is 8.28. The first kappa shape index (κ1) is 23.7. The molecule has 0 unspecified atom stereocenters. The standard InChI is InChI=1S/C21H25ClN2O5S/c1-5-29-21(25)20(23-30(26,27)24(2)3)14-19(15-6-10-17(22)11-7-15)16-8-12-18(28-4)13-9-16/h6-14,19,23H,5H2,1-4H3/b20-14-/t19-/m0/s1. The average Bonchev–Trinajstić information content (AvgIpc) is 2.72. The summed E-state index contributed by atoms with van der Waals surface area (Å²) in [4.78, 5) is 12.5. The second-order valence-corrected chi connectivity index (χ2v) is 8.81. The molecule has 2 rings (SSSR count). The van der Waals surface area contributed by atoms with Crippen LogP contribution in [0.1, 0.15) is 24.0 Å². The molecule has 2 aromatic rings. The number of rotatable bonds is 9. The highest BCUT2D eigenvalue weighted by molar-refractivity contribution is 7.87. The molecule has 0 heterocycles. The molecule has 0 bridgehead atoms. The molecule has 162 valence electrons. The van der Waals surface area contributed by atoms with E-state index in [4.69, 9.17) is 21.1 Å². The Hall–Kier alpha value is -2.55. The van der Waals surface area contributed by atoms with Gasteiger partial charge in [0.2, 0.25) is 0 Å². The van der Waals surface area contributed by atoms with Crippen LogP contribution in [-0.4, -0.2) is 46.5 Å². The number of carbonyl (C=O) groups is 1. The van der Waals surface area contributed by atoms with Gasteiger partial charge in [-0.3, -0.25) is 4.72 Å². The van der Waals surface area contributed by atoms with Gasteiger partial charge in [-0.15, -0.1) is 0 Å². The van der Waals surface area contributed by atoms with Gasteiger partial charge in [-0.05, 0) is 48.4 Å². The molecular formula is C21H25ClN2O5S. The van der Waals surface area contributed by atoms with Gasteiger partial charge in [0.05, 0.1) is 13.7 Å². The van der Waals surface area contributed by atoms with Crippen LogP contribution >= 0.6 is 11.6 Å². The van der Waals surface area contributed by atoms with Crippen molar-refractivity contribution in [2.24, 2.45) is 0 Å². The molecule has 0 aliphatic carbocycles. The lowest BCUT2D eigenvalue weighted by molar-refractivity contribution is -0.138. The Bertz CT molecular complexity index is 987. The van der Waals surface area contributed by atoms with Crippen molar-refractivity contribution in [1.82, 2.24) is 9.03 Å². The molecule has 0 saturated carbocycles. The smallest absolute Gasteiger partial charge is 0.355 e. The zero-order valence-electron chi connectivity index (χ0n) is 17.3. The van der Waals surface area contributed by atoms with E-state index < -0.39 is 22.1 Å². The predicted octanol–water partition coefficient (Wildman–Crippen LogP) is 3.32. The van der Waals surface area contributed by atoms with Gasteiger partial charge in [0.25, 0.3) is 0 Å². The number of esters is 1. The summed E-state index contributed by atoms with van der Waals surface area (Å²) >= 11 is 6.02. The summed E-state index contributed by atoms with van der Waals surface area (Å²) < 4.78 is 38.3. The molecule has 2 aromatic carbocycles. The minimum atomic E-state index is -3.92. The third-order valence-electron chi connectivity index (χ3n) is 4.25. The van der Waals surface area contributed by atoms with E-state index in [0.29, 0.717) is 10.8 Å². The highest BCUT2D eigenvalue weighted by atomic mass is 35.5. The summed E-state index contributed by atoms with van der Waals surface area (Å²) in [6.45, 7) is 1.75. The van der Waals surface area contributed by atoms with Crippen LogP contribution in [0.5, 0.6) is 5.75 Å². The highest BCUT2D eigenvalue weighted by Crippen LogP contribution is 2.29. The fraction of sp³-hybridized carbons (Fsp3) is 0.286. The molecule has 1 atom stereocenters. The number of allylic oxidation sites excluding steroid dienone is 1. The fourth-order valence-corrected chi connectivity index (χ4v) is 3.35. The van der Waals surface area contributed by atoms with Crippen LogP contribution in [0.25, 0.3) is 0 Å². The number of hydrogen-bond acceptors (Lipinski definition) is 5. The maximum atomic E-state index is 12.5. The fourth-order valence-electron chi connectivity index (χ4n) is 2.62. The van der Waals surface area contributed by atoms with Crippen LogP contribution in [0.2, 0.25) is 5.02 Å². The van der Waals surface area contributed by atoms with Crippen LogP contribution in [0, 0.1) is 0 Å². The molecule has 0 spiro atoms. The molecule has 0 amide bonds. The molecular weight excluding hydrogens is 428 g/mol. The van der Waals surface area contributed by atoms with Gasteiger partial charge in [-0.25, -0.2) is 4.79 Å². The van der Waals surface area contributed by atoms with Gasteiger partial charge in [0, 0.05) is 25.0 Å². The lowest BCUT2D eigenvalue weighted by Gasteiger charge is -2.19. The van der Waals surface area contributed by atoms with Crippen LogP contribution in [0.15, 0.2) is 60.3 Å². The van der Waals surface area contributed by atoms with E-state index in [1.54, 1.807) is 38.3 Å². The number of benzene rings is 2. The van der Waals surface area contributed by atoms with Crippen LogP contribution in [0.3, 0.4) is 0 Å². The van der Waals surface area contributed by atoms with E-state index in [9.17, 15) is 13.2 Å². The van der Waals surface area contributed by atoms with E-state index in [2.05, 4.69) is 4.72 Å². The van der Waals surface area contributed by atoms with Crippen molar-refractivity contribution in [1.29, 1.82) is 0 Å². The molecule has 30 heavy (non-hydrogen) atoms. The molecule has 0 aliphatic rings. The number of nitrogens with one attached hydrogen (secondary N) is 1. The van der Waals surface area contributed by atoms with E-state index in [-0.39, 0.29) is 12.3 Å². The largest absolute Gasteiger partial charge is 0.497 e. The van der Waals surface area contributed by atoms with Gasteiger partial charge in [0.1, 0.15) is 11.4 Å². The maximum Gasteiger partial charge on any atom is 0.355 e. The van der Waals surface area contributed by atoms with Crippen LogP contribution in [-0.2, 0) is 19.7 Å². The molecule has 0 aliphatic heterocycles. The zero-order chi connectivity index (χ0) is 22.3. The predicted molar refractivity (Wildman–Crippen MR) is 117 cm³/mol. The van der Waals surface area contributed by atoms with E-state index in [1.807, 2.05) is 24.3 Å². The second kappa shape index (κ2) is 10.5. The van der Waals surface area contributed by atoms with Crippen molar-refractivity contribution in [2.45, 2.75) is 12.8 Å². The van der Waals surface area contributed by atoms with Crippen molar-refractivity contribution in [3.63, 3.8) is 0 Å². The number of nitrogens with zero attached hydrogens (tertiary/aromatic N) is 1. The zero-order valence-corrected chi connectivity index (χ0v) is 18.8. The number of carbonyl (C=O) groups excluding carboxylic acids is 1. The van der Waals surface area contributed by atoms with E-state index >= 15 is 0 Å². The van der Waals surface area contributed by atoms with Crippen LogP contribution < -0.4 is 9.46 Å². The van der Waals surface area contributed by atoms with E-state index in [0.717, 1.165) is 15.4 Å². The molecule has 7 nitrogen and oxygen atoms in total. The molecule has 0 saturated heterocycles. The minimum Gasteiger partial charge on any atom is -0.497 e. The highest BCUT2D eigenvalue weighted by Gasteiger charge is 2.23. The molecule has 1 N–H and O–H groups in total. The second-order valence-electron chi connectivity index (χ2n) is 6.49. The first-order chi connectivity index (χ1) is 14.2. The normalized spacial score (nSPS) is 13.1. The van der Waals surface area contributed by atoms with Gasteiger partial charge in [-0.2, -0.15) is 12.7 Å². The Balaban J connectivity index is 2.60. The Morgan fingerprint density at radius 3 is 2.10 bits per heavy atom. The number of hydrogen-bond donors (Lipinski definition) is 1. The van der Waals surface area contributed by atoms with Gasteiger partial charge >= 0.3 is 16.2 Å². The Morgan fingerprint density at radius 2 is 1.63 bits per heavy atom. The number of methoxy groups -OCH3 is 1. The lowest BCUT2D eigenvalue weighted by atomic mass is 9.90. The number of ether oxygens (including phenoxy) is 2.